The van der Waals surface area contributed by atoms with Gasteiger partial charge in [-0.15, -0.1) is 5.10 Å². The van der Waals surface area contributed by atoms with Crippen LogP contribution in [0.15, 0.2) is 71.8 Å². The number of pyridine rings is 1. The van der Waals surface area contributed by atoms with Crippen molar-refractivity contribution in [2.24, 2.45) is 0 Å². The van der Waals surface area contributed by atoms with E-state index in [-0.39, 0.29) is 11.5 Å². The molecule has 1 N–H and O–H groups in total. The third-order valence-electron chi connectivity index (χ3n) is 5.89. The average Bonchev–Trinajstić information content (AvgIpc) is 3.23. The van der Waals surface area contributed by atoms with Crippen LogP contribution in [0.4, 0.5) is 11.6 Å². The van der Waals surface area contributed by atoms with Crippen LogP contribution in [0.3, 0.4) is 0 Å². The molecule has 2 aromatic heterocycles. The Morgan fingerprint density at radius 1 is 1.03 bits per heavy atom. The first-order valence-corrected chi connectivity index (χ1v) is 14.3. The first kappa shape index (κ1) is 22.7. The SMILES string of the molecule is CS(=O)c1ccc(-c2cccn3nc(Nc4cccc(CN5CCS(=O)(=O)CC5)c4)nc23)cc1. The number of rotatable bonds is 6. The number of sulfone groups is 1. The van der Waals surface area contributed by atoms with E-state index in [1.807, 2.05) is 66.9 Å². The van der Waals surface area contributed by atoms with Crippen molar-refractivity contribution in [3.8, 4) is 11.1 Å². The highest BCUT2D eigenvalue weighted by Gasteiger charge is 2.21. The molecule has 2 aromatic carbocycles. The first-order chi connectivity index (χ1) is 16.4. The summed E-state index contributed by atoms with van der Waals surface area (Å²) in [6.07, 6.45) is 3.52. The third-order valence-corrected chi connectivity index (χ3v) is 8.43. The van der Waals surface area contributed by atoms with Crippen molar-refractivity contribution in [3.05, 3.63) is 72.4 Å². The maximum Gasteiger partial charge on any atom is 0.247 e. The molecule has 1 atom stereocenters. The highest BCUT2D eigenvalue weighted by molar-refractivity contribution is 7.91. The van der Waals surface area contributed by atoms with Gasteiger partial charge in [-0.1, -0.05) is 24.3 Å². The van der Waals surface area contributed by atoms with Crippen LogP contribution in [0.25, 0.3) is 16.8 Å². The largest absolute Gasteiger partial charge is 0.323 e. The fourth-order valence-electron chi connectivity index (χ4n) is 4.05. The summed E-state index contributed by atoms with van der Waals surface area (Å²) in [5.41, 5.74) is 4.60. The summed E-state index contributed by atoms with van der Waals surface area (Å²) in [4.78, 5) is 7.65. The van der Waals surface area contributed by atoms with Gasteiger partial charge in [-0.05, 0) is 47.5 Å². The molecule has 1 saturated heterocycles. The standard InChI is InChI=1S/C24H25N5O3S2/c1-33(30)21-9-7-19(8-10-21)22-6-3-11-29-23(22)26-24(27-29)25-20-5-2-4-18(16-20)17-28-12-14-34(31,32)15-13-28/h2-11,16H,12-15,17H2,1H3,(H,25,27). The lowest BCUT2D eigenvalue weighted by molar-refractivity contribution is 0.288. The van der Waals surface area contributed by atoms with E-state index >= 15 is 0 Å². The fourth-order valence-corrected chi connectivity index (χ4v) is 5.85. The van der Waals surface area contributed by atoms with Crippen LogP contribution in [0.5, 0.6) is 0 Å². The Morgan fingerprint density at radius 3 is 2.53 bits per heavy atom. The fraction of sp³-hybridized carbons (Fsp3) is 0.250. The molecular weight excluding hydrogens is 470 g/mol. The number of aromatic nitrogens is 3. The first-order valence-electron chi connectivity index (χ1n) is 10.9. The number of benzene rings is 2. The molecule has 0 radical (unpaired) electrons. The van der Waals surface area contributed by atoms with Crippen molar-refractivity contribution in [1.82, 2.24) is 19.5 Å². The minimum Gasteiger partial charge on any atom is -0.323 e. The van der Waals surface area contributed by atoms with Gasteiger partial charge in [0.15, 0.2) is 15.5 Å². The molecular formula is C24H25N5O3S2. The van der Waals surface area contributed by atoms with Crippen LogP contribution in [-0.2, 0) is 27.2 Å². The summed E-state index contributed by atoms with van der Waals surface area (Å²) < 4.78 is 36.8. The van der Waals surface area contributed by atoms with E-state index in [4.69, 9.17) is 4.98 Å². The molecule has 0 saturated carbocycles. The van der Waals surface area contributed by atoms with Crippen LogP contribution in [-0.4, -0.2) is 63.0 Å². The van der Waals surface area contributed by atoms with Gasteiger partial charge < -0.3 is 5.32 Å². The summed E-state index contributed by atoms with van der Waals surface area (Å²) in [6, 6.07) is 19.6. The molecule has 5 rings (SSSR count). The van der Waals surface area contributed by atoms with Gasteiger partial charge in [0.25, 0.3) is 0 Å². The van der Waals surface area contributed by atoms with Crippen molar-refractivity contribution in [2.45, 2.75) is 11.4 Å². The van der Waals surface area contributed by atoms with Gasteiger partial charge in [-0.2, -0.15) is 4.98 Å². The van der Waals surface area contributed by atoms with E-state index < -0.39 is 20.6 Å². The Labute approximate surface area is 201 Å². The smallest absolute Gasteiger partial charge is 0.247 e. The highest BCUT2D eigenvalue weighted by atomic mass is 32.2. The minimum absolute atomic E-state index is 0.220. The van der Waals surface area contributed by atoms with Gasteiger partial charge in [0.05, 0.1) is 11.5 Å². The topological polar surface area (TPSA) is 96.7 Å². The lowest BCUT2D eigenvalue weighted by atomic mass is 10.1. The molecule has 4 aromatic rings. The predicted octanol–water partition coefficient (Wildman–Crippen LogP) is 3.11. The van der Waals surface area contributed by atoms with Gasteiger partial charge in [-0.25, -0.2) is 12.9 Å². The third kappa shape index (κ3) is 5.03. The number of nitrogens with zero attached hydrogens (tertiary/aromatic N) is 4. The Kier molecular flexibility index (Phi) is 6.20. The molecule has 1 fully saturated rings. The summed E-state index contributed by atoms with van der Waals surface area (Å²) in [7, 11) is -3.91. The van der Waals surface area contributed by atoms with E-state index in [0.29, 0.717) is 25.6 Å². The maximum absolute atomic E-state index is 11.7. The van der Waals surface area contributed by atoms with Crippen molar-refractivity contribution in [1.29, 1.82) is 0 Å². The molecule has 1 unspecified atom stereocenters. The Morgan fingerprint density at radius 2 is 1.79 bits per heavy atom. The summed E-state index contributed by atoms with van der Waals surface area (Å²) in [5.74, 6) is 0.925. The number of nitrogens with one attached hydrogen (secondary N) is 1. The van der Waals surface area contributed by atoms with Crippen molar-refractivity contribution in [2.75, 3.05) is 36.2 Å². The normalized spacial score (nSPS) is 17.0. The minimum atomic E-state index is -2.89. The molecule has 0 amide bonds. The summed E-state index contributed by atoms with van der Waals surface area (Å²) >= 11 is 0. The summed E-state index contributed by atoms with van der Waals surface area (Å²) in [6.45, 7) is 1.82. The molecule has 0 aliphatic carbocycles. The average molecular weight is 496 g/mol. The highest BCUT2D eigenvalue weighted by Crippen LogP contribution is 2.26. The van der Waals surface area contributed by atoms with Gasteiger partial charge in [0.2, 0.25) is 5.95 Å². The predicted molar refractivity (Wildman–Crippen MR) is 134 cm³/mol. The molecule has 34 heavy (non-hydrogen) atoms. The molecule has 176 valence electrons. The molecule has 1 aliphatic rings. The zero-order valence-corrected chi connectivity index (χ0v) is 20.3. The number of hydrogen-bond acceptors (Lipinski definition) is 7. The Hall–Kier alpha value is -3.08. The molecule has 1 aliphatic heterocycles. The number of fused-ring (bicyclic) bond motifs is 1. The van der Waals surface area contributed by atoms with Crippen molar-refractivity contribution in [3.63, 3.8) is 0 Å². The van der Waals surface area contributed by atoms with Crippen LogP contribution in [0.1, 0.15) is 5.56 Å². The second-order valence-electron chi connectivity index (χ2n) is 8.36. The van der Waals surface area contributed by atoms with E-state index in [1.165, 1.54) is 0 Å². The van der Waals surface area contributed by atoms with Crippen molar-refractivity contribution < 1.29 is 12.6 Å². The van der Waals surface area contributed by atoms with Gasteiger partial charge >= 0.3 is 0 Å². The summed E-state index contributed by atoms with van der Waals surface area (Å²) in [5, 5.41) is 7.86. The van der Waals surface area contributed by atoms with E-state index in [0.717, 1.165) is 32.9 Å². The number of anilines is 2. The molecule has 0 bridgehead atoms. The van der Waals surface area contributed by atoms with E-state index in [2.05, 4.69) is 15.3 Å². The Bertz CT molecular complexity index is 1450. The zero-order valence-electron chi connectivity index (χ0n) is 18.7. The quantitative estimate of drug-likeness (QED) is 0.439. The van der Waals surface area contributed by atoms with Gasteiger partial charge in [0.1, 0.15) is 0 Å². The van der Waals surface area contributed by atoms with Crippen molar-refractivity contribution >= 4 is 37.9 Å². The van der Waals surface area contributed by atoms with Crippen LogP contribution in [0.2, 0.25) is 0 Å². The molecule has 10 heteroatoms. The van der Waals surface area contributed by atoms with Crippen LogP contribution < -0.4 is 5.32 Å². The van der Waals surface area contributed by atoms with Gasteiger partial charge in [0, 0.05) is 59.0 Å². The lowest BCUT2D eigenvalue weighted by Gasteiger charge is -2.26. The van der Waals surface area contributed by atoms with Gasteiger partial charge in [-0.3, -0.25) is 9.11 Å². The monoisotopic (exact) mass is 495 g/mol. The van der Waals surface area contributed by atoms with E-state index in [1.54, 1.807) is 10.8 Å². The zero-order chi connectivity index (χ0) is 23.7. The van der Waals surface area contributed by atoms with E-state index in [9.17, 15) is 12.6 Å². The molecule has 0 spiro atoms. The molecule has 8 nitrogen and oxygen atoms in total. The lowest BCUT2D eigenvalue weighted by Crippen LogP contribution is -2.39. The Balaban J connectivity index is 1.35. The molecule has 3 heterocycles. The van der Waals surface area contributed by atoms with Crippen LogP contribution in [0, 0.1) is 0 Å². The second kappa shape index (κ2) is 9.28. The maximum atomic E-state index is 11.7. The van der Waals surface area contributed by atoms with Crippen LogP contribution >= 0.6 is 0 Å². The second-order valence-corrected chi connectivity index (χ2v) is 12.0. The number of hydrogen-bond donors (Lipinski definition) is 1.